The zero-order chi connectivity index (χ0) is 16.8. The van der Waals surface area contributed by atoms with Crippen molar-refractivity contribution < 1.29 is 4.79 Å². The van der Waals surface area contributed by atoms with Gasteiger partial charge in [0, 0.05) is 38.4 Å². The normalized spacial score (nSPS) is 18.8. The van der Waals surface area contributed by atoms with Crippen molar-refractivity contribution >= 4 is 27.5 Å². The molecular weight excluding hydrogens is 330 g/mol. The molecule has 0 saturated carbocycles. The molecule has 25 heavy (non-hydrogen) atoms. The third-order valence-corrected chi connectivity index (χ3v) is 6.68. The number of rotatable bonds is 2. The van der Waals surface area contributed by atoms with Gasteiger partial charge in [0.2, 0.25) is 0 Å². The monoisotopic (exact) mass is 351 g/mol. The van der Waals surface area contributed by atoms with Crippen LogP contribution >= 0.6 is 11.3 Å². The molecule has 5 rings (SSSR count). The molecule has 2 aromatic heterocycles. The first-order valence-electron chi connectivity index (χ1n) is 8.95. The summed E-state index contributed by atoms with van der Waals surface area (Å²) in [6.45, 7) is 3.62. The van der Waals surface area contributed by atoms with E-state index in [9.17, 15) is 4.79 Å². The molecule has 0 radical (unpaired) electrons. The van der Waals surface area contributed by atoms with Crippen LogP contribution in [0.25, 0.3) is 10.2 Å². The Balaban J connectivity index is 1.23. The molecule has 1 amide bonds. The van der Waals surface area contributed by atoms with Gasteiger partial charge in [-0.1, -0.05) is 24.3 Å². The lowest BCUT2D eigenvalue weighted by molar-refractivity contribution is 0.0580. The number of amides is 1. The molecule has 1 saturated heterocycles. The van der Waals surface area contributed by atoms with Gasteiger partial charge in [0.1, 0.15) is 0 Å². The Bertz CT molecular complexity index is 866. The second kappa shape index (κ2) is 6.00. The highest BCUT2D eigenvalue weighted by molar-refractivity contribution is 7.20. The molecular formula is C20H21N3OS. The minimum atomic E-state index is 0.184. The highest BCUT2D eigenvalue weighted by Gasteiger charge is 2.30. The maximum absolute atomic E-state index is 12.8. The number of H-pyrrole nitrogens is 1. The van der Waals surface area contributed by atoms with Crippen molar-refractivity contribution in [1.82, 2.24) is 14.8 Å². The molecule has 4 nitrogen and oxygen atoms in total. The quantitative estimate of drug-likeness (QED) is 0.770. The summed E-state index contributed by atoms with van der Waals surface area (Å²) in [6, 6.07) is 13.4. The first-order chi connectivity index (χ1) is 12.3. The Hall–Kier alpha value is -2.11. The van der Waals surface area contributed by atoms with Crippen LogP contribution in [-0.4, -0.2) is 52.9 Å². The number of benzene rings is 1. The Morgan fingerprint density at radius 1 is 1.04 bits per heavy atom. The van der Waals surface area contributed by atoms with Gasteiger partial charge in [0.05, 0.1) is 15.1 Å². The number of hydrogen-bond donors (Lipinski definition) is 1. The molecule has 0 spiro atoms. The standard InChI is InChI=1S/C20H21N3OS/c24-20(19-13-17-18(25-19)5-6-21-17)23-9-7-22(8-10-23)16-11-14-3-1-2-4-15(14)12-16/h1-6,13,16,21H,7-12H2. The number of thiophene rings is 1. The van der Waals surface area contributed by atoms with Crippen LogP contribution in [0, 0.1) is 0 Å². The maximum Gasteiger partial charge on any atom is 0.264 e. The highest BCUT2D eigenvalue weighted by atomic mass is 32.1. The van der Waals surface area contributed by atoms with Gasteiger partial charge in [-0.15, -0.1) is 11.3 Å². The summed E-state index contributed by atoms with van der Waals surface area (Å²) in [5.74, 6) is 0.184. The summed E-state index contributed by atoms with van der Waals surface area (Å²) >= 11 is 1.59. The molecule has 3 aromatic rings. The number of hydrogen-bond acceptors (Lipinski definition) is 3. The average molecular weight is 351 g/mol. The molecule has 0 atom stereocenters. The molecule has 2 aliphatic rings. The molecule has 0 bridgehead atoms. The largest absolute Gasteiger partial charge is 0.360 e. The van der Waals surface area contributed by atoms with E-state index in [2.05, 4.69) is 34.1 Å². The van der Waals surface area contributed by atoms with Gasteiger partial charge in [-0.05, 0) is 36.1 Å². The Morgan fingerprint density at radius 2 is 1.76 bits per heavy atom. The molecule has 1 N–H and O–H groups in total. The second-order valence-corrected chi connectivity index (χ2v) is 8.11. The number of aromatic amines is 1. The van der Waals surface area contributed by atoms with Crippen LogP contribution in [0.1, 0.15) is 20.8 Å². The van der Waals surface area contributed by atoms with Crippen LogP contribution in [0.2, 0.25) is 0 Å². The van der Waals surface area contributed by atoms with E-state index in [1.807, 2.05) is 23.2 Å². The van der Waals surface area contributed by atoms with E-state index in [0.717, 1.165) is 54.1 Å². The lowest BCUT2D eigenvalue weighted by Crippen LogP contribution is -2.52. The number of carbonyl (C=O) groups excluding carboxylic acids is 1. The van der Waals surface area contributed by atoms with Gasteiger partial charge < -0.3 is 9.88 Å². The molecule has 1 aromatic carbocycles. The lowest BCUT2D eigenvalue weighted by atomic mass is 10.1. The predicted octanol–water partition coefficient (Wildman–Crippen LogP) is 3.15. The van der Waals surface area contributed by atoms with E-state index >= 15 is 0 Å². The first kappa shape index (κ1) is 15.2. The average Bonchev–Trinajstić information content (AvgIpc) is 3.35. The SMILES string of the molecule is O=C(c1cc2[nH]ccc2s1)N1CCN(C2Cc3ccccc3C2)CC1. The van der Waals surface area contributed by atoms with Crippen molar-refractivity contribution in [3.8, 4) is 0 Å². The molecule has 1 aliphatic carbocycles. The molecule has 3 heterocycles. The Labute approximate surface area is 151 Å². The summed E-state index contributed by atoms with van der Waals surface area (Å²) in [5.41, 5.74) is 4.06. The lowest BCUT2D eigenvalue weighted by Gasteiger charge is -2.37. The van der Waals surface area contributed by atoms with Crippen molar-refractivity contribution in [2.45, 2.75) is 18.9 Å². The molecule has 1 fully saturated rings. The van der Waals surface area contributed by atoms with E-state index in [1.165, 1.54) is 11.1 Å². The topological polar surface area (TPSA) is 39.3 Å². The third-order valence-electron chi connectivity index (χ3n) is 5.59. The smallest absolute Gasteiger partial charge is 0.264 e. The highest BCUT2D eigenvalue weighted by Crippen LogP contribution is 2.28. The number of carbonyl (C=O) groups is 1. The summed E-state index contributed by atoms with van der Waals surface area (Å²) < 4.78 is 1.16. The third kappa shape index (κ3) is 2.68. The number of nitrogens with zero attached hydrogens (tertiary/aromatic N) is 2. The molecule has 1 aliphatic heterocycles. The summed E-state index contributed by atoms with van der Waals surface area (Å²) in [6.07, 6.45) is 4.23. The van der Waals surface area contributed by atoms with E-state index in [-0.39, 0.29) is 5.91 Å². The van der Waals surface area contributed by atoms with Crippen molar-refractivity contribution in [3.63, 3.8) is 0 Å². The fraction of sp³-hybridized carbons (Fsp3) is 0.350. The van der Waals surface area contributed by atoms with Gasteiger partial charge in [-0.2, -0.15) is 0 Å². The summed E-state index contributed by atoms with van der Waals surface area (Å²) in [5, 5.41) is 0. The van der Waals surface area contributed by atoms with E-state index in [4.69, 9.17) is 0 Å². The molecule has 0 unspecified atom stereocenters. The fourth-order valence-corrected chi connectivity index (χ4v) is 5.19. The van der Waals surface area contributed by atoms with Gasteiger partial charge >= 0.3 is 0 Å². The van der Waals surface area contributed by atoms with Crippen molar-refractivity contribution in [2.75, 3.05) is 26.2 Å². The fourth-order valence-electron chi connectivity index (χ4n) is 4.19. The summed E-state index contributed by atoms with van der Waals surface area (Å²) in [7, 11) is 0. The zero-order valence-electron chi connectivity index (χ0n) is 14.1. The van der Waals surface area contributed by atoms with Crippen molar-refractivity contribution in [1.29, 1.82) is 0 Å². The predicted molar refractivity (Wildman–Crippen MR) is 101 cm³/mol. The number of piperazine rings is 1. The van der Waals surface area contributed by atoms with Crippen LogP contribution in [0.3, 0.4) is 0 Å². The minimum Gasteiger partial charge on any atom is -0.360 e. The van der Waals surface area contributed by atoms with Crippen molar-refractivity contribution in [3.05, 3.63) is 58.6 Å². The van der Waals surface area contributed by atoms with Crippen molar-refractivity contribution in [2.24, 2.45) is 0 Å². The first-order valence-corrected chi connectivity index (χ1v) is 9.76. The van der Waals surface area contributed by atoms with Crippen LogP contribution in [0.4, 0.5) is 0 Å². The van der Waals surface area contributed by atoms with Gasteiger partial charge in [0.15, 0.2) is 0 Å². The second-order valence-electron chi connectivity index (χ2n) is 7.03. The number of nitrogens with one attached hydrogen (secondary N) is 1. The van der Waals surface area contributed by atoms with E-state index < -0.39 is 0 Å². The van der Waals surface area contributed by atoms with Crippen LogP contribution in [0.15, 0.2) is 42.6 Å². The molecule has 5 heteroatoms. The molecule has 128 valence electrons. The van der Waals surface area contributed by atoms with E-state index in [0.29, 0.717) is 6.04 Å². The Kier molecular flexibility index (Phi) is 3.64. The number of aromatic nitrogens is 1. The van der Waals surface area contributed by atoms with Crippen LogP contribution < -0.4 is 0 Å². The minimum absolute atomic E-state index is 0.184. The van der Waals surface area contributed by atoms with Crippen LogP contribution in [-0.2, 0) is 12.8 Å². The number of fused-ring (bicyclic) bond motifs is 2. The van der Waals surface area contributed by atoms with Gasteiger partial charge in [0.25, 0.3) is 5.91 Å². The summed E-state index contributed by atoms with van der Waals surface area (Å²) in [4.78, 5) is 21.4. The van der Waals surface area contributed by atoms with Crippen LogP contribution in [0.5, 0.6) is 0 Å². The van der Waals surface area contributed by atoms with Gasteiger partial charge in [-0.3, -0.25) is 9.69 Å². The maximum atomic E-state index is 12.8. The zero-order valence-corrected chi connectivity index (χ0v) is 14.9. The Morgan fingerprint density at radius 3 is 2.44 bits per heavy atom. The van der Waals surface area contributed by atoms with Gasteiger partial charge in [-0.25, -0.2) is 0 Å². The van der Waals surface area contributed by atoms with E-state index in [1.54, 1.807) is 11.3 Å².